The molecule has 3 rings (SSSR count). The molecule has 124 valence electrons. The van der Waals surface area contributed by atoms with E-state index in [0.29, 0.717) is 12.3 Å². The third-order valence-electron chi connectivity index (χ3n) is 5.02. The van der Waals surface area contributed by atoms with Gasteiger partial charge in [-0.2, -0.15) is 0 Å². The van der Waals surface area contributed by atoms with E-state index in [2.05, 4.69) is 5.32 Å². The molecule has 4 unspecified atom stereocenters. The van der Waals surface area contributed by atoms with Crippen LogP contribution in [0.4, 0.5) is 4.79 Å². The molecule has 0 spiro atoms. The summed E-state index contributed by atoms with van der Waals surface area (Å²) in [4.78, 5) is 23.3. The summed E-state index contributed by atoms with van der Waals surface area (Å²) in [6, 6.07) is 8.47. The van der Waals surface area contributed by atoms with Gasteiger partial charge in [-0.15, -0.1) is 0 Å². The normalized spacial score (nSPS) is 26.7. The van der Waals surface area contributed by atoms with Crippen molar-refractivity contribution in [3.8, 4) is 0 Å². The smallest absolute Gasteiger partial charge is 0.408 e. The zero-order valence-corrected chi connectivity index (χ0v) is 13.1. The number of carboxylic acid groups (broad SMARTS) is 1. The molecule has 5 heteroatoms. The number of nitrogens with one attached hydrogen (secondary N) is 1. The highest BCUT2D eigenvalue weighted by atomic mass is 16.5. The molecule has 2 aliphatic rings. The first kappa shape index (κ1) is 15.8. The number of aliphatic carboxylic acids is 1. The number of amides is 1. The van der Waals surface area contributed by atoms with Gasteiger partial charge in [0.05, 0.1) is 0 Å². The monoisotopic (exact) mass is 317 g/mol. The molecule has 0 aliphatic heterocycles. The van der Waals surface area contributed by atoms with Crippen LogP contribution in [-0.4, -0.2) is 23.2 Å². The van der Waals surface area contributed by atoms with E-state index in [1.54, 1.807) is 0 Å². The molecule has 2 aliphatic carbocycles. The summed E-state index contributed by atoms with van der Waals surface area (Å²) in [7, 11) is 0. The van der Waals surface area contributed by atoms with Crippen molar-refractivity contribution in [3.05, 3.63) is 35.9 Å². The van der Waals surface area contributed by atoms with Gasteiger partial charge in [-0.05, 0) is 49.0 Å². The lowest BCUT2D eigenvalue weighted by atomic mass is 9.85. The van der Waals surface area contributed by atoms with Crippen LogP contribution in [0.25, 0.3) is 0 Å². The van der Waals surface area contributed by atoms with E-state index in [-0.39, 0.29) is 6.61 Å². The fourth-order valence-corrected chi connectivity index (χ4v) is 3.62. The maximum absolute atomic E-state index is 11.8. The maximum Gasteiger partial charge on any atom is 0.408 e. The lowest BCUT2D eigenvalue weighted by Crippen LogP contribution is -2.42. The molecule has 0 bridgehead atoms. The van der Waals surface area contributed by atoms with E-state index in [1.165, 1.54) is 12.8 Å². The average molecular weight is 317 g/mol. The summed E-state index contributed by atoms with van der Waals surface area (Å²) in [5, 5.41) is 11.8. The largest absolute Gasteiger partial charge is 0.480 e. The van der Waals surface area contributed by atoms with Crippen LogP contribution in [-0.2, 0) is 16.1 Å². The molecular weight excluding hydrogens is 294 g/mol. The fourth-order valence-electron chi connectivity index (χ4n) is 3.62. The summed E-state index contributed by atoms with van der Waals surface area (Å²) >= 11 is 0. The first-order valence-electron chi connectivity index (χ1n) is 8.32. The summed E-state index contributed by atoms with van der Waals surface area (Å²) in [5.41, 5.74) is 0.876. The van der Waals surface area contributed by atoms with Crippen LogP contribution in [0.3, 0.4) is 0 Å². The van der Waals surface area contributed by atoms with Crippen LogP contribution in [0.1, 0.15) is 37.7 Å². The Bertz CT molecular complexity index is 559. The first-order chi connectivity index (χ1) is 11.1. The number of carbonyl (C=O) groups excluding carboxylic acids is 1. The van der Waals surface area contributed by atoms with Crippen molar-refractivity contribution in [1.29, 1.82) is 0 Å². The van der Waals surface area contributed by atoms with Gasteiger partial charge in [-0.25, -0.2) is 9.59 Å². The van der Waals surface area contributed by atoms with Crippen LogP contribution < -0.4 is 5.32 Å². The van der Waals surface area contributed by atoms with Gasteiger partial charge in [0.1, 0.15) is 12.6 Å². The van der Waals surface area contributed by atoms with Gasteiger partial charge in [0.15, 0.2) is 0 Å². The Kier molecular flexibility index (Phi) is 4.84. The van der Waals surface area contributed by atoms with Crippen molar-refractivity contribution in [1.82, 2.24) is 5.32 Å². The van der Waals surface area contributed by atoms with Crippen LogP contribution in [0.5, 0.6) is 0 Å². The molecule has 1 amide bonds. The van der Waals surface area contributed by atoms with E-state index in [0.717, 1.165) is 30.2 Å². The average Bonchev–Trinajstić information content (AvgIpc) is 3.32. The van der Waals surface area contributed by atoms with Crippen molar-refractivity contribution in [2.75, 3.05) is 0 Å². The molecule has 2 saturated carbocycles. The maximum atomic E-state index is 11.8. The summed E-state index contributed by atoms with van der Waals surface area (Å²) in [6.07, 6.45) is 4.53. The molecule has 1 aromatic carbocycles. The van der Waals surface area contributed by atoms with Crippen LogP contribution >= 0.6 is 0 Å². The Hall–Kier alpha value is -2.04. The van der Waals surface area contributed by atoms with Gasteiger partial charge in [-0.3, -0.25) is 0 Å². The van der Waals surface area contributed by atoms with Gasteiger partial charge in [0, 0.05) is 0 Å². The number of hydrogen-bond donors (Lipinski definition) is 2. The van der Waals surface area contributed by atoms with Crippen LogP contribution in [0.2, 0.25) is 0 Å². The van der Waals surface area contributed by atoms with Crippen LogP contribution in [0.15, 0.2) is 30.3 Å². The minimum atomic E-state index is -0.986. The molecule has 1 aromatic rings. The van der Waals surface area contributed by atoms with E-state index >= 15 is 0 Å². The number of alkyl carbamates (subject to hydrolysis) is 1. The molecule has 2 N–H and O–H groups in total. The number of rotatable bonds is 6. The van der Waals surface area contributed by atoms with Crippen molar-refractivity contribution in [3.63, 3.8) is 0 Å². The van der Waals surface area contributed by atoms with Crippen molar-refractivity contribution in [2.24, 2.45) is 17.8 Å². The van der Waals surface area contributed by atoms with Crippen molar-refractivity contribution in [2.45, 2.75) is 44.8 Å². The van der Waals surface area contributed by atoms with Crippen molar-refractivity contribution >= 4 is 12.1 Å². The Labute approximate surface area is 136 Å². The van der Waals surface area contributed by atoms with Gasteiger partial charge in [0.25, 0.3) is 0 Å². The summed E-state index contributed by atoms with van der Waals surface area (Å²) in [5.74, 6) is 1.10. The number of carbonyl (C=O) groups is 2. The Balaban J connectivity index is 1.46. The summed E-state index contributed by atoms with van der Waals surface area (Å²) in [6.45, 7) is 0.145. The molecule has 0 radical (unpaired) electrons. The standard InChI is InChI=1S/C18H23NO4/c20-17(21)16(9-13-6-7-14-10-15(14)8-13)19-18(22)23-11-12-4-2-1-3-5-12/h1-5,13-16H,6-11H2,(H,19,22)(H,20,21). The predicted molar refractivity (Wildman–Crippen MR) is 84.7 cm³/mol. The predicted octanol–water partition coefficient (Wildman–Crippen LogP) is 3.19. The number of ether oxygens (including phenoxy) is 1. The molecule has 0 saturated heterocycles. The SMILES string of the molecule is O=C(NC(CC1CCC2CC2C1)C(=O)O)OCc1ccccc1. The topological polar surface area (TPSA) is 75.6 Å². The van der Waals surface area contributed by atoms with Gasteiger partial charge < -0.3 is 15.2 Å². The van der Waals surface area contributed by atoms with Gasteiger partial charge in [-0.1, -0.05) is 36.8 Å². The van der Waals surface area contributed by atoms with Gasteiger partial charge in [0.2, 0.25) is 0 Å². The Morgan fingerprint density at radius 3 is 2.65 bits per heavy atom. The van der Waals surface area contributed by atoms with E-state index in [9.17, 15) is 14.7 Å². The van der Waals surface area contributed by atoms with Crippen LogP contribution in [0, 0.1) is 17.8 Å². The lowest BCUT2D eigenvalue weighted by Gasteiger charge is -2.24. The highest BCUT2D eigenvalue weighted by molar-refractivity contribution is 5.79. The molecule has 4 atom stereocenters. The molecular formula is C18H23NO4. The second kappa shape index (κ2) is 7.02. The zero-order valence-electron chi connectivity index (χ0n) is 13.1. The van der Waals surface area contributed by atoms with Crippen molar-refractivity contribution < 1.29 is 19.4 Å². The number of carboxylic acids is 1. The summed E-state index contributed by atoms with van der Waals surface area (Å²) < 4.78 is 5.11. The quantitative estimate of drug-likeness (QED) is 0.845. The minimum absolute atomic E-state index is 0.145. The number of fused-ring (bicyclic) bond motifs is 1. The number of hydrogen-bond acceptors (Lipinski definition) is 3. The molecule has 2 fully saturated rings. The molecule has 5 nitrogen and oxygen atoms in total. The minimum Gasteiger partial charge on any atom is -0.480 e. The third-order valence-corrected chi connectivity index (χ3v) is 5.02. The fraction of sp³-hybridized carbons (Fsp3) is 0.556. The Morgan fingerprint density at radius 1 is 1.17 bits per heavy atom. The number of benzene rings is 1. The molecule has 0 heterocycles. The van der Waals surface area contributed by atoms with Gasteiger partial charge >= 0.3 is 12.1 Å². The highest BCUT2D eigenvalue weighted by Crippen LogP contribution is 2.52. The van der Waals surface area contributed by atoms with E-state index in [4.69, 9.17) is 4.74 Å². The zero-order chi connectivity index (χ0) is 16.2. The second-order valence-electron chi connectivity index (χ2n) is 6.77. The first-order valence-corrected chi connectivity index (χ1v) is 8.32. The van der Waals surface area contributed by atoms with E-state index in [1.807, 2.05) is 30.3 Å². The second-order valence-corrected chi connectivity index (χ2v) is 6.77. The Morgan fingerprint density at radius 2 is 1.96 bits per heavy atom. The third kappa shape index (κ3) is 4.47. The van der Waals surface area contributed by atoms with E-state index < -0.39 is 18.1 Å². The highest BCUT2D eigenvalue weighted by Gasteiger charge is 2.42. The molecule has 23 heavy (non-hydrogen) atoms. The lowest BCUT2D eigenvalue weighted by molar-refractivity contribution is -0.139. The molecule has 0 aromatic heterocycles.